The van der Waals surface area contributed by atoms with E-state index in [4.69, 9.17) is 11.6 Å². The van der Waals surface area contributed by atoms with Gasteiger partial charge in [0.2, 0.25) is 11.8 Å². The SMILES string of the molecule is O=CC12c3ccccc3C(c3ccccc31)[C@@H]1C(=O)N(c3ccc(Cl)cc3)C(=O)[C@H]12. The number of halogens is 1. The Morgan fingerprint density at radius 2 is 1.37 bits per heavy atom. The third-order valence-electron chi connectivity index (χ3n) is 6.95. The Balaban J connectivity index is 1.64. The summed E-state index contributed by atoms with van der Waals surface area (Å²) in [6.07, 6.45) is 0.883. The number of benzene rings is 3. The fourth-order valence-electron chi connectivity index (χ4n) is 5.88. The van der Waals surface area contributed by atoms with Gasteiger partial charge in [0.1, 0.15) is 6.29 Å². The normalized spacial score (nSPS) is 28.2. The molecule has 0 saturated carbocycles. The van der Waals surface area contributed by atoms with E-state index in [9.17, 15) is 14.4 Å². The number of hydrogen-bond acceptors (Lipinski definition) is 3. The largest absolute Gasteiger partial charge is 0.302 e. The Bertz CT molecular complexity index is 1200. The maximum absolute atomic E-state index is 13.7. The lowest BCUT2D eigenvalue weighted by molar-refractivity contribution is -0.128. The maximum Gasteiger partial charge on any atom is 0.239 e. The van der Waals surface area contributed by atoms with Crippen LogP contribution >= 0.6 is 11.6 Å². The van der Waals surface area contributed by atoms with Crippen molar-refractivity contribution in [3.63, 3.8) is 0 Å². The van der Waals surface area contributed by atoms with Crippen molar-refractivity contribution < 1.29 is 14.4 Å². The molecule has 30 heavy (non-hydrogen) atoms. The average Bonchev–Trinajstić information content (AvgIpc) is 3.05. The van der Waals surface area contributed by atoms with E-state index in [0.717, 1.165) is 28.5 Å². The van der Waals surface area contributed by atoms with Gasteiger partial charge in [-0.05, 0) is 46.5 Å². The monoisotopic (exact) mass is 413 g/mol. The molecule has 7 rings (SSSR count). The topological polar surface area (TPSA) is 54.5 Å². The van der Waals surface area contributed by atoms with E-state index in [1.54, 1.807) is 24.3 Å². The lowest BCUT2D eigenvalue weighted by Crippen LogP contribution is -2.54. The van der Waals surface area contributed by atoms with Crippen LogP contribution in [0, 0.1) is 11.8 Å². The molecule has 0 radical (unpaired) electrons. The van der Waals surface area contributed by atoms with Gasteiger partial charge in [0.05, 0.1) is 22.9 Å². The Hall–Kier alpha value is -3.24. The van der Waals surface area contributed by atoms with Crippen LogP contribution in [0.1, 0.15) is 28.2 Å². The lowest BCUT2D eigenvalue weighted by atomic mass is 9.48. The van der Waals surface area contributed by atoms with Gasteiger partial charge in [-0.25, -0.2) is 4.90 Å². The molecule has 4 aliphatic rings. The van der Waals surface area contributed by atoms with Gasteiger partial charge in [-0.2, -0.15) is 0 Å². The highest BCUT2D eigenvalue weighted by Crippen LogP contribution is 2.63. The van der Waals surface area contributed by atoms with Gasteiger partial charge >= 0.3 is 0 Å². The molecule has 146 valence electrons. The van der Waals surface area contributed by atoms with Crippen LogP contribution in [-0.2, 0) is 19.8 Å². The Morgan fingerprint density at radius 3 is 1.93 bits per heavy atom. The summed E-state index contributed by atoms with van der Waals surface area (Å²) in [7, 11) is 0. The highest BCUT2D eigenvalue weighted by molar-refractivity contribution is 6.31. The minimum absolute atomic E-state index is 0.252. The van der Waals surface area contributed by atoms with Gasteiger partial charge in [0, 0.05) is 10.9 Å². The van der Waals surface area contributed by atoms with Crippen LogP contribution in [0.5, 0.6) is 0 Å². The van der Waals surface area contributed by atoms with E-state index in [2.05, 4.69) is 0 Å². The maximum atomic E-state index is 13.7. The third-order valence-corrected chi connectivity index (χ3v) is 7.21. The zero-order chi connectivity index (χ0) is 20.6. The predicted octanol–water partition coefficient (Wildman–Crippen LogP) is 4.09. The van der Waals surface area contributed by atoms with Crippen molar-refractivity contribution in [2.24, 2.45) is 11.8 Å². The van der Waals surface area contributed by atoms with Gasteiger partial charge in [0.25, 0.3) is 0 Å². The van der Waals surface area contributed by atoms with Gasteiger partial charge in [-0.15, -0.1) is 0 Å². The van der Waals surface area contributed by atoms with Crippen molar-refractivity contribution in [2.75, 3.05) is 4.90 Å². The van der Waals surface area contributed by atoms with E-state index >= 15 is 0 Å². The van der Waals surface area contributed by atoms with Crippen molar-refractivity contribution >= 4 is 35.4 Å². The molecule has 0 unspecified atom stereocenters. The molecule has 2 bridgehead atoms. The quantitative estimate of drug-likeness (QED) is 0.469. The molecule has 2 amide bonds. The highest BCUT2D eigenvalue weighted by atomic mass is 35.5. The molecule has 0 N–H and O–H groups in total. The van der Waals surface area contributed by atoms with Crippen LogP contribution in [-0.4, -0.2) is 18.1 Å². The smallest absolute Gasteiger partial charge is 0.239 e. The number of carbonyl (C=O) groups is 3. The van der Waals surface area contributed by atoms with E-state index in [1.807, 2.05) is 48.5 Å². The summed E-state index contributed by atoms with van der Waals surface area (Å²) in [6, 6.07) is 22.1. The molecule has 1 saturated heterocycles. The minimum Gasteiger partial charge on any atom is -0.302 e. The number of aldehydes is 1. The molecule has 0 spiro atoms. The zero-order valence-corrected chi connectivity index (χ0v) is 16.5. The predicted molar refractivity (Wildman–Crippen MR) is 112 cm³/mol. The first kappa shape index (κ1) is 17.6. The third kappa shape index (κ3) is 1.90. The van der Waals surface area contributed by atoms with Crippen LogP contribution < -0.4 is 4.90 Å². The molecular weight excluding hydrogens is 398 g/mol. The Labute approximate surface area is 178 Å². The Kier molecular flexibility index (Phi) is 3.46. The molecule has 2 atom stereocenters. The first-order chi connectivity index (χ1) is 14.6. The van der Waals surface area contributed by atoms with Crippen molar-refractivity contribution in [1.29, 1.82) is 0 Å². The van der Waals surface area contributed by atoms with E-state index < -0.39 is 17.3 Å². The molecule has 0 aromatic heterocycles. The number of rotatable bonds is 2. The highest BCUT2D eigenvalue weighted by Gasteiger charge is 2.68. The number of nitrogens with zero attached hydrogens (tertiary/aromatic N) is 1. The second-order valence-corrected chi connectivity index (χ2v) is 8.57. The number of hydrogen-bond donors (Lipinski definition) is 0. The van der Waals surface area contributed by atoms with Crippen LogP contribution in [0.3, 0.4) is 0 Å². The van der Waals surface area contributed by atoms with Crippen molar-refractivity contribution in [3.8, 4) is 0 Å². The summed E-state index contributed by atoms with van der Waals surface area (Å²) < 4.78 is 0. The second-order valence-electron chi connectivity index (χ2n) is 8.13. The number of imide groups is 1. The molecule has 3 aliphatic carbocycles. The van der Waals surface area contributed by atoms with Gasteiger partial charge in [-0.3, -0.25) is 9.59 Å². The zero-order valence-electron chi connectivity index (χ0n) is 15.8. The van der Waals surface area contributed by atoms with Crippen LogP contribution in [0.25, 0.3) is 0 Å². The molecule has 3 aromatic carbocycles. The number of anilines is 1. The number of carbonyl (C=O) groups excluding carboxylic acids is 3. The van der Waals surface area contributed by atoms with Crippen LogP contribution in [0.15, 0.2) is 72.8 Å². The summed E-state index contributed by atoms with van der Waals surface area (Å²) in [5.41, 5.74) is 2.92. The molecule has 1 aliphatic heterocycles. The van der Waals surface area contributed by atoms with Crippen LogP contribution in [0.4, 0.5) is 5.69 Å². The molecule has 3 aromatic rings. The average molecular weight is 414 g/mol. The second kappa shape index (κ2) is 5.89. The minimum atomic E-state index is -1.17. The molecule has 1 heterocycles. The molecule has 1 fully saturated rings. The van der Waals surface area contributed by atoms with Gasteiger partial charge < -0.3 is 4.79 Å². The van der Waals surface area contributed by atoms with Crippen molar-refractivity contribution in [2.45, 2.75) is 11.3 Å². The first-order valence-electron chi connectivity index (χ1n) is 9.88. The summed E-state index contributed by atoms with van der Waals surface area (Å²) in [5, 5.41) is 0.527. The molecular formula is C25H16ClNO3. The van der Waals surface area contributed by atoms with E-state index in [1.165, 1.54) is 4.90 Å². The van der Waals surface area contributed by atoms with Gasteiger partial charge in [-0.1, -0.05) is 60.1 Å². The molecule has 5 heteroatoms. The van der Waals surface area contributed by atoms with Crippen molar-refractivity contribution in [1.82, 2.24) is 0 Å². The summed E-state index contributed by atoms with van der Waals surface area (Å²) in [5.74, 6) is -2.20. The lowest BCUT2D eigenvalue weighted by Gasteiger charge is -2.51. The molecule has 4 nitrogen and oxygen atoms in total. The fraction of sp³-hybridized carbons (Fsp3) is 0.160. The standard InChI is InChI=1S/C25H16ClNO3/c26-14-9-11-15(12-10-14)27-23(29)21-20-16-5-1-3-7-18(16)25(13-28,22(21)24(27)30)19-8-4-2-6-17(19)20/h1-13,20-22H/t20?,21-,22-,25?/m0/s1. The number of amides is 2. The Morgan fingerprint density at radius 1 is 0.800 bits per heavy atom. The summed E-state index contributed by atoms with van der Waals surface area (Å²) in [6.45, 7) is 0. The summed E-state index contributed by atoms with van der Waals surface area (Å²) in [4.78, 5) is 41.5. The van der Waals surface area contributed by atoms with E-state index in [0.29, 0.717) is 10.7 Å². The van der Waals surface area contributed by atoms with Gasteiger partial charge in [0.15, 0.2) is 0 Å². The fourth-order valence-corrected chi connectivity index (χ4v) is 6.00. The van der Waals surface area contributed by atoms with Crippen LogP contribution in [0.2, 0.25) is 5.02 Å². The summed E-state index contributed by atoms with van der Waals surface area (Å²) >= 11 is 6.00. The first-order valence-corrected chi connectivity index (χ1v) is 10.3. The van der Waals surface area contributed by atoms with Crippen molar-refractivity contribution in [3.05, 3.63) is 100 Å². The van der Waals surface area contributed by atoms with E-state index in [-0.39, 0.29) is 17.7 Å².